The van der Waals surface area contributed by atoms with E-state index in [9.17, 15) is 9.59 Å². The van der Waals surface area contributed by atoms with Gasteiger partial charge in [-0.2, -0.15) is 5.10 Å². The first-order valence-corrected chi connectivity index (χ1v) is 10.1. The summed E-state index contributed by atoms with van der Waals surface area (Å²) in [6.07, 6.45) is 1.45. The van der Waals surface area contributed by atoms with Crippen molar-refractivity contribution in [3.63, 3.8) is 0 Å². The number of hydrogen-bond acceptors (Lipinski definition) is 7. The summed E-state index contributed by atoms with van der Waals surface area (Å²) in [5.41, 5.74) is 3.06. The summed E-state index contributed by atoms with van der Waals surface area (Å²) in [5.74, 6) is 0.609. The molecule has 0 atom stereocenters. The van der Waals surface area contributed by atoms with Crippen LogP contribution in [0.1, 0.15) is 22.2 Å². The Morgan fingerprint density at radius 2 is 1.83 bits per heavy atom. The standard InChI is InChI=1S/C22H20N2O5S/c1-2-27-18-9-3-4-10-19(18)28-15-21(25)24-23-14-16-7-5-8-17(13-16)29-22(26)20-11-6-12-30-20/h3-14H,2,15H2,1H3,(H,24,25)/b23-14-. The highest BCUT2D eigenvalue weighted by Crippen LogP contribution is 2.26. The van der Waals surface area contributed by atoms with Gasteiger partial charge in [-0.05, 0) is 48.2 Å². The summed E-state index contributed by atoms with van der Waals surface area (Å²) in [5, 5.41) is 5.72. The van der Waals surface area contributed by atoms with Gasteiger partial charge in [-0.15, -0.1) is 11.3 Å². The molecule has 1 amide bonds. The van der Waals surface area contributed by atoms with Gasteiger partial charge in [0.05, 0.1) is 12.8 Å². The van der Waals surface area contributed by atoms with E-state index < -0.39 is 11.9 Å². The molecule has 0 bridgehead atoms. The highest BCUT2D eigenvalue weighted by Gasteiger charge is 2.09. The van der Waals surface area contributed by atoms with Crippen molar-refractivity contribution in [1.29, 1.82) is 0 Å². The third-order valence-corrected chi connectivity index (χ3v) is 4.55. The highest BCUT2D eigenvalue weighted by molar-refractivity contribution is 7.12. The predicted molar refractivity (Wildman–Crippen MR) is 115 cm³/mol. The second-order valence-corrected chi connectivity index (χ2v) is 6.85. The van der Waals surface area contributed by atoms with Crippen LogP contribution >= 0.6 is 11.3 Å². The number of carbonyl (C=O) groups is 2. The second-order valence-electron chi connectivity index (χ2n) is 5.90. The molecule has 0 unspecified atom stereocenters. The topological polar surface area (TPSA) is 86.2 Å². The third-order valence-electron chi connectivity index (χ3n) is 3.70. The van der Waals surface area contributed by atoms with Crippen LogP contribution in [0.3, 0.4) is 0 Å². The van der Waals surface area contributed by atoms with E-state index in [0.29, 0.717) is 34.3 Å². The van der Waals surface area contributed by atoms with Crippen molar-refractivity contribution in [2.45, 2.75) is 6.92 Å². The monoisotopic (exact) mass is 424 g/mol. The number of carbonyl (C=O) groups excluding carboxylic acids is 2. The SMILES string of the molecule is CCOc1ccccc1OCC(=O)N/N=C\c1cccc(OC(=O)c2cccs2)c1. The lowest BCUT2D eigenvalue weighted by atomic mass is 10.2. The average Bonchev–Trinajstić information content (AvgIpc) is 3.29. The van der Waals surface area contributed by atoms with Crippen LogP contribution in [-0.2, 0) is 4.79 Å². The van der Waals surface area contributed by atoms with Crippen LogP contribution in [0.2, 0.25) is 0 Å². The van der Waals surface area contributed by atoms with E-state index in [1.54, 1.807) is 54.6 Å². The summed E-state index contributed by atoms with van der Waals surface area (Å²) < 4.78 is 16.3. The minimum Gasteiger partial charge on any atom is -0.490 e. The quantitative estimate of drug-likeness (QED) is 0.244. The summed E-state index contributed by atoms with van der Waals surface area (Å²) in [6.45, 7) is 2.16. The van der Waals surface area contributed by atoms with E-state index in [4.69, 9.17) is 14.2 Å². The van der Waals surface area contributed by atoms with E-state index in [2.05, 4.69) is 10.5 Å². The van der Waals surface area contributed by atoms with Gasteiger partial charge in [0.2, 0.25) is 0 Å². The number of para-hydroxylation sites is 2. The minimum absolute atomic E-state index is 0.208. The normalized spacial score (nSPS) is 10.6. The van der Waals surface area contributed by atoms with Gasteiger partial charge >= 0.3 is 5.97 Å². The number of hydrogen-bond donors (Lipinski definition) is 1. The Balaban J connectivity index is 1.50. The fourth-order valence-corrected chi connectivity index (χ4v) is 3.01. The van der Waals surface area contributed by atoms with Crippen molar-refractivity contribution >= 4 is 29.4 Å². The maximum atomic E-state index is 12.0. The van der Waals surface area contributed by atoms with Crippen LogP contribution in [-0.4, -0.2) is 31.3 Å². The van der Waals surface area contributed by atoms with E-state index in [0.717, 1.165) is 0 Å². The van der Waals surface area contributed by atoms with E-state index in [1.165, 1.54) is 17.6 Å². The van der Waals surface area contributed by atoms with Crippen molar-refractivity contribution in [3.05, 3.63) is 76.5 Å². The van der Waals surface area contributed by atoms with Crippen LogP contribution in [0, 0.1) is 0 Å². The number of esters is 1. The minimum atomic E-state index is -0.420. The molecule has 3 aromatic rings. The molecule has 0 saturated carbocycles. The number of benzene rings is 2. The molecule has 1 aromatic heterocycles. The number of nitrogens with zero attached hydrogens (tertiary/aromatic N) is 1. The molecular formula is C22H20N2O5S. The number of thiophene rings is 1. The lowest BCUT2D eigenvalue weighted by molar-refractivity contribution is -0.123. The third kappa shape index (κ3) is 6.18. The van der Waals surface area contributed by atoms with Crippen molar-refractivity contribution < 1.29 is 23.8 Å². The fraction of sp³-hybridized carbons (Fsp3) is 0.136. The molecule has 0 fully saturated rings. The number of rotatable bonds is 9. The van der Waals surface area contributed by atoms with Crippen LogP contribution in [0.25, 0.3) is 0 Å². The first-order chi connectivity index (χ1) is 14.7. The molecule has 3 rings (SSSR count). The van der Waals surface area contributed by atoms with Crippen molar-refractivity contribution in [2.24, 2.45) is 5.10 Å². The Morgan fingerprint density at radius 1 is 1.03 bits per heavy atom. The van der Waals surface area contributed by atoms with Crippen LogP contribution in [0.15, 0.2) is 71.1 Å². The maximum absolute atomic E-state index is 12.0. The Kier molecular flexibility index (Phi) is 7.57. The second kappa shape index (κ2) is 10.8. The Bertz CT molecular complexity index is 1020. The zero-order valence-corrected chi connectivity index (χ0v) is 17.1. The molecule has 7 nitrogen and oxygen atoms in total. The average molecular weight is 424 g/mol. The van der Waals surface area contributed by atoms with Crippen LogP contribution in [0.4, 0.5) is 0 Å². The van der Waals surface area contributed by atoms with Crippen LogP contribution < -0.4 is 19.6 Å². The zero-order valence-electron chi connectivity index (χ0n) is 16.2. The van der Waals surface area contributed by atoms with Gasteiger partial charge in [0, 0.05) is 0 Å². The Morgan fingerprint density at radius 3 is 2.57 bits per heavy atom. The van der Waals surface area contributed by atoms with Gasteiger partial charge in [0.1, 0.15) is 10.6 Å². The molecule has 0 aliphatic heterocycles. The fourth-order valence-electron chi connectivity index (χ4n) is 2.41. The van der Waals surface area contributed by atoms with Crippen LogP contribution in [0.5, 0.6) is 17.2 Å². The van der Waals surface area contributed by atoms with Crippen molar-refractivity contribution in [2.75, 3.05) is 13.2 Å². The number of hydrazone groups is 1. The van der Waals surface area contributed by atoms with Gasteiger partial charge in [0.25, 0.3) is 5.91 Å². The number of nitrogens with one attached hydrogen (secondary N) is 1. The van der Waals surface area contributed by atoms with Gasteiger partial charge in [-0.1, -0.05) is 30.3 Å². The zero-order chi connectivity index (χ0) is 21.2. The molecule has 0 spiro atoms. The lowest BCUT2D eigenvalue weighted by Gasteiger charge is -2.10. The predicted octanol–water partition coefficient (Wildman–Crippen LogP) is 3.90. The summed E-state index contributed by atoms with van der Waals surface area (Å²) >= 11 is 1.31. The highest BCUT2D eigenvalue weighted by atomic mass is 32.1. The lowest BCUT2D eigenvalue weighted by Crippen LogP contribution is -2.24. The molecule has 1 N–H and O–H groups in total. The number of amides is 1. The van der Waals surface area contributed by atoms with Crippen molar-refractivity contribution in [3.8, 4) is 17.2 Å². The van der Waals surface area contributed by atoms with E-state index in [1.807, 2.05) is 18.4 Å². The molecule has 2 aromatic carbocycles. The van der Waals surface area contributed by atoms with E-state index >= 15 is 0 Å². The molecule has 0 aliphatic rings. The molecule has 1 heterocycles. The Hall–Kier alpha value is -3.65. The van der Waals surface area contributed by atoms with E-state index in [-0.39, 0.29) is 6.61 Å². The van der Waals surface area contributed by atoms with Gasteiger partial charge < -0.3 is 14.2 Å². The molecule has 154 valence electrons. The van der Waals surface area contributed by atoms with Gasteiger partial charge in [-0.25, -0.2) is 10.2 Å². The van der Waals surface area contributed by atoms with Gasteiger partial charge in [-0.3, -0.25) is 4.79 Å². The van der Waals surface area contributed by atoms with Gasteiger partial charge in [0.15, 0.2) is 18.1 Å². The first kappa shape index (κ1) is 21.1. The molecule has 8 heteroatoms. The maximum Gasteiger partial charge on any atom is 0.353 e. The molecule has 0 saturated heterocycles. The molecule has 30 heavy (non-hydrogen) atoms. The first-order valence-electron chi connectivity index (χ1n) is 9.18. The summed E-state index contributed by atoms with van der Waals surface area (Å²) in [7, 11) is 0. The van der Waals surface area contributed by atoms with Crippen molar-refractivity contribution in [1.82, 2.24) is 5.43 Å². The summed E-state index contributed by atoms with van der Waals surface area (Å²) in [4.78, 5) is 24.5. The summed E-state index contributed by atoms with van der Waals surface area (Å²) in [6, 6.07) is 17.4. The molecule has 0 radical (unpaired) electrons. The Labute approximate surface area is 177 Å². The smallest absolute Gasteiger partial charge is 0.353 e. The molecule has 0 aliphatic carbocycles. The molecular weight excluding hydrogens is 404 g/mol. The number of ether oxygens (including phenoxy) is 3. The largest absolute Gasteiger partial charge is 0.490 e.